The number of rotatable bonds is 3. The van der Waals surface area contributed by atoms with Crippen LogP contribution in [0.4, 0.5) is 4.39 Å². The molecule has 1 atom stereocenters. The van der Waals surface area contributed by atoms with Crippen molar-refractivity contribution in [2.45, 2.75) is 19.4 Å². The summed E-state index contributed by atoms with van der Waals surface area (Å²) in [7, 11) is 0. The molecule has 1 fully saturated rings. The summed E-state index contributed by atoms with van der Waals surface area (Å²) in [5.74, 6) is 0.416. The first-order valence-electron chi connectivity index (χ1n) is 6.05. The van der Waals surface area contributed by atoms with Gasteiger partial charge in [0.15, 0.2) is 0 Å². The highest BCUT2D eigenvalue weighted by Crippen LogP contribution is 2.20. The lowest BCUT2D eigenvalue weighted by Gasteiger charge is -2.32. The van der Waals surface area contributed by atoms with Gasteiger partial charge in [0.05, 0.1) is 4.47 Å². The Bertz CT molecular complexity index is 384. The molecule has 1 heterocycles. The first-order valence-corrected chi connectivity index (χ1v) is 6.84. The van der Waals surface area contributed by atoms with E-state index in [4.69, 9.17) is 5.73 Å². The van der Waals surface area contributed by atoms with Crippen LogP contribution in [-0.4, -0.2) is 24.5 Å². The highest BCUT2D eigenvalue weighted by atomic mass is 79.9. The Labute approximate surface area is 110 Å². The Morgan fingerprint density at radius 3 is 3.00 bits per heavy atom. The van der Waals surface area contributed by atoms with Crippen LogP contribution in [0.5, 0.6) is 0 Å². The Balaban J connectivity index is 1.97. The van der Waals surface area contributed by atoms with Gasteiger partial charge in [-0.1, -0.05) is 6.07 Å². The van der Waals surface area contributed by atoms with E-state index in [9.17, 15) is 4.39 Å². The van der Waals surface area contributed by atoms with E-state index < -0.39 is 0 Å². The maximum absolute atomic E-state index is 13.4. The largest absolute Gasteiger partial charge is 0.330 e. The minimum Gasteiger partial charge on any atom is -0.330 e. The number of halogens is 2. The fourth-order valence-electron chi connectivity index (χ4n) is 2.38. The van der Waals surface area contributed by atoms with Gasteiger partial charge in [-0.05, 0) is 65.5 Å². The van der Waals surface area contributed by atoms with Crippen LogP contribution in [0.25, 0.3) is 0 Å². The van der Waals surface area contributed by atoms with Gasteiger partial charge >= 0.3 is 0 Å². The molecule has 4 heteroatoms. The van der Waals surface area contributed by atoms with Crippen LogP contribution in [0.15, 0.2) is 22.7 Å². The van der Waals surface area contributed by atoms with E-state index in [-0.39, 0.29) is 5.82 Å². The molecule has 94 valence electrons. The van der Waals surface area contributed by atoms with Crippen LogP contribution in [0.2, 0.25) is 0 Å². The molecule has 1 aromatic carbocycles. The fourth-order valence-corrected chi connectivity index (χ4v) is 2.63. The van der Waals surface area contributed by atoms with Gasteiger partial charge in [0, 0.05) is 13.1 Å². The molecule has 1 aromatic rings. The molecular weight excluding hydrogens is 283 g/mol. The van der Waals surface area contributed by atoms with Gasteiger partial charge in [0.25, 0.3) is 0 Å². The smallest absolute Gasteiger partial charge is 0.137 e. The molecule has 0 amide bonds. The van der Waals surface area contributed by atoms with Gasteiger partial charge in [-0.15, -0.1) is 0 Å². The minimum atomic E-state index is -0.185. The van der Waals surface area contributed by atoms with Crippen molar-refractivity contribution in [3.8, 4) is 0 Å². The van der Waals surface area contributed by atoms with E-state index in [2.05, 4.69) is 20.8 Å². The van der Waals surface area contributed by atoms with Crippen LogP contribution in [0, 0.1) is 11.7 Å². The van der Waals surface area contributed by atoms with Gasteiger partial charge in [-0.25, -0.2) is 4.39 Å². The summed E-state index contributed by atoms with van der Waals surface area (Å²) in [6, 6.07) is 5.35. The third-order valence-electron chi connectivity index (χ3n) is 3.33. The molecule has 0 saturated carbocycles. The van der Waals surface area contributed by atoms with Crippen molar-refractivity contribution in [2.75, 3.05) is 19.6 Å². The van der Waals surface area contributed by atoms with Crippen molar-refractivity contribution in [2.24, 2.45) is 11.7 Å². The molecule has 2 nitrogen and oxygen atoms in total. The van der Waals surface area contributed by atoms with E-state index in [0.29, 0.717) is 10.4 Å². The molecule has 17 heavy (non-hydrogen) atoms. The molecule has 0 spiro atoms. The Hall–Kier alpha value is -0.450. The quantitative estimate of drug-likeness (QED) is 0.930. The highest BCUT2D eigenvalue weighted by Gasteiger charge is 2.18. The van der Waals surface area contributed by atoms with Crippen LogP contribution in [0.1, 0.15) is 18.4 Å². The Morgan fingerprint density at radius 2 is 2.29 bits per heavy atom. The number of benzene rings is 1. The molecule has 0 aliphatic carbocycles. The first-order chi connectivity index (χ1) is 8.19. The molecule has 0 aromatic heterocycles. The monoisotopic (exact) mass is 300 g/mol. The van der Waals surface area contributed by atoms with E-state index in [1.807, 2.05) is 6.07 Å². The second-order valence-corrected chi connectivity index (χ2v) is 5.58. The third-order valence-corrected chi connectivity index (χ3v) is 3.97. The van der Waals surface area contributed by atoms with Gasteiger partial charge in [0.2, 0.25) is 0 Å². The van der Waals surface area contributed by atoms with Crippen molar-refractivity contribution in [1.29, 1.82) is 0 Å². The zero-order valence-electron chi connectivity index (χ0n) is 9.83. The predicted molar refractivity (Wildman–Crippen MR) is 71.2 cm³/mol. The standard InChI is InChI=1S/C13H18BrFN2/c14-12-4-3-10(6-13(12)15)8-17-5-1-2-11(7-16)9-17/h3-4,6,11H,1-2,5,7-9,16H2. The van der Waals surface area contributed by atoms with E-state index in [1.54, 1.807) is 12.1 Å². The van der Waals surface area contributed by atoms with E-state index >= 15 is 0 Å². The number of nitrogens with two attached hydrogens (primary N) is 1. The number of piperidine rings is 1. The van der Waals surface area contributed by atoms with Crippen molar-refractivity contribution < 1.29 is 4.39 Å². The zero-order valence-corrected chi connectivity index (χ0v) is 11.4. The van der Waals surface area contributed by atoms with Gasteiger partial charge in [-0.3, -0.25) is 4.90 Å². The van der Waals surface area contributed by atoms with Crippen molar-refractivity contribution in [3.05, 3.63) is 34.1 Å². The summed E-state index contributed by atoms with van der Waals surface area (Å²) in [6.45, 7) is 3.70. The second kappa shape index (κ2) is 5.94. The number of nitrogens with zero attached hydrogens (tertiary/aromatic N) is 1. The van der Waals surface area contributed by atoms with Crippen LogP contribution in [-0.2, 0) is 6.54 Å². The predicted octanol–water partition coefficient (Wildman–Crippen LogP) is 2.76. The lowest BCUT2D eigenvalue weighted by Crippen LogP contribution is -2.37. The second-order valence-electron chi connectivity index (χ2n) is 4.73. The molecule has 0 bridgehead atoms. The summed E-state index contributed by atoms with van der Waals surface area (Å²) in [5.41, 5.74) is 6.74. The molecule has 1 aliphatic rings. The maximum atomic E-state index is 13.4. The van der Waals surface area contributed by atoms with Crippen LogP contribution < -0.4 is 5.73 Å². The number of hydrogen-bond acceptors (Lipinski definition) is 2. The van der Waals surface area contributed by atoms with E-state index in [1.165, 1.54) is 12.8 Å². The minimum absolute atomic E-state index is 0.185. The van der Waals surface area contributed by atoms with Gasteiger partial charge in [-0.2, -0.15) is 0 Å². The van der Waals surface area contributed by atoms with Gasteiger partial charge < -0.3 is 5.73 Å². The summed E-state index contributed by atoms with van der Waals surface area (Å²) in [5, 5.41) is 0. The first kappa shape index (κ1) is 13.0. The lowest BCUT2D eigenvalue weighted by molar-refractivity contribution is 0.171. The molecule has 1 saturated heterocycles. The van der Waals surface area contributed by atoms with Gasteiger partial charge in [0.1, 0.15) is 5.82 Å². The SMILES string of the molecule is NCC1CCCN(Cc2ccc(Br)c(F)c2)C1. The van der Waals surface area contributed by atoms with Crippen molar-refractivity contribution in [3.63, 3.8) is 0 Å². The van der Waals surface area contributed by atoms with Crippen LogP contribution >= 0.6 is 15.9 Å². The molecule has 2 N–H and O–H groups in total. The maximum Gasteiger partial charge on any atom is 0.137 e. The van der Waals surface area contributed by atoms with E-state index in [0.717, 1.165) is 31.7 Å². The lowest BCUT2D eigenvalue weighted by atomic mass is 9.98. The fraction of sp³-hybridized carbons (Fsp3) is 0.538. The van der Waals surface area contributed by atoms with Crippen molar-refractivity contribution in [1.82, 2.24) is 4.90 Å². The average molecular weight is 301 g/mol. The molecule has 0 radical (unpaired) electrons. The summed E-state index contributed by atoms with van der Waals surface area (Å²) >= 11 is 3.17. The Kier molecular flexibility index (Phi) is 4.54. The van der Waals surface area contributed by atoms with Crippen molar-refractivity contribution >= 4 is 15.9 Å². The average Bonchev–Trinajstić information content (AvgIpc) is 2.34. The summed E-state index contributed by atoms with van der Waals surface area (Å²) < 4.78 is 13.9. The molecular formula is C13H18BrFN2. The number of hydrogen-bond donors (Lipinski definition) is 1. The zero-order chi connectivity index (χ0) is 12.3. The molecule has 1 unspecified atom stereocenters. The highest BCUT2D eigenvalue weighted by molar-refractivity contribution is 9.10. The normalized spacial score (nSPS) is 21.7. The third kappa shape index (κ3) is 3.50. The Morgan fingerprint density at radius 1 is 1.47 bits per heavy atom. The summed E-state index contributed by atoms with van der Waals surface area (Å²) in [4.78, 5) is 2.36. The molecule has 1 aliphatic heterocycles. The molecule has 2 rings (SSSR count). The topological polar surface area (TPSA) is 29.3 Å². The number of likely N-dealkylation sites (tertiary alicyclic amines) is 1. The van der Waals surface area contributed by atoms with Crippen LogP contribution in [0.3, 0.4) is 0 Å². The summed E-state index contributed by atoms with van der Waals surface area (Å²) in [6.07, 6.45) is 2.42.